The highest BCUT2D eigenvalue weighted by molar-refractivity contribution is 5.76. The summed E-state index contributed by atoms with van der Waals surface area (Å²) in [5.74, 6) is 1.34. The maximum Gasteiger partial charge on any atom is 0.222 e. The molecule has 3 aromatic rings. The van der Waals surface area contributed by atoms with Crippen molar-refractivity contribution >= 4 is 11.0 Å². The number of hydrogen-bond donors (Lipinski definition) is 0. The highest BCUT2D eigenvalue weighted by Crippen LogP contribution is 2.25. The molecule has 0 saturated heterocycles. The Kier molecular flexibility index (Phi) is 2.52. The van der Waals surface area contributed by atoms with E-state index >= 15 is 0 Å². The van der Waals surface area contributed by atoms with Crippen LogP contribution in [0.4, 0.5) is 0 Å². The number of aromatic nitrogens is 1. The zero-order chi connectivity index (χ0) is 12.5. The van der Waals surface area contributed by atoms with Gasteiger partial charge in [0.2, 0.25) is 5.88 Å². The summed E-state index contributed by atoms with van der Waals surface area (Å²) in [4.78, 5) is 4.25. The maximum absolute atomic E-state index is 5.75. The molecule has 90 valence electrons. The SMILES string of the molecule is Cc1cc(C)cc(Oc2cc3occc3cn2)c1. The molecule has 0 atom stereocenters. The van der Waals surface area contributed by atoms with Crippen molar-refractivity contribution in [3.8, 4) is 11.6 Å². The van der Waals surface area contributed by atoms with E-state index in [-0.39, 0.29) is 0 Å². The van der Waals surface area contributed by atoms with Gasteiger partial charge in [-0.15, -0.1) is 0 Å². The van der Waals surface area contributed by atoms with Gasteiger partial charge in [0.15, 0.2) is 0 Å². The van der Waals surface area contributed by atoms with E-state index < -0.39 is 0 Å². The van der Waals surface area contributed by atoms with Gasteiger partial charge in [-0.3, -0.25) is 0 Å². The highest BCUT2D eigenvalue weighted by Gasteiger charge is 2.03. The lowest BCUT2D eigenvalue weighted by Gasteiger charge is -2.06. The van der Waals surface area contributed by atoms with E-state index in [0.29, 0.717) is 5.88 Å². The Labute approximate surface area is 105 Å². The second-order valence-corrected chi connectivity index (χ2v) is 4.41. The van der Waals surface area contributed by atoms with E-state index in [2.05, 4.69) is 11.1 Å². The smallest absolute Gasteiger partial charge is 0.222 e. The lowest BCUT2D eigenvalue weighted by Crippen LogP contribution is -1.89. The average molecular weight is 239 g/mol. The predicted molar refractivity (Wildman–Crippen MR) is 70.0 cm³/mol. The molecule has 0 unspecified atom stereocenters. The largest absolute Gasteiger partial charge is 0.464 e. The topological polar surface area (TPSA) is 35.3 Å². The van der Waals surface area contributed by atoms with E-state index in [1.54, 1.807) is 18.5 Å². The fourth-order valence-corrected chi connectivity index (χ4v) is 2.01. The first-order chi connectivity index (χ1) is 8.70. The molecule has 0 fully saturated rings. The minimum absolute atomic E-state index is 0.544. The number of hydrogen-bond acceptors (Lipinski definition) is 3. The van der Waals surface area contributed by atoms with Crippen LogP contribution in [0.5, 0.6) is 11.6 Å². The predicted octanol–water partition coefficient (Wildman–Crippen LogP) is 4.24. The van der Waals surface area contributed by atoms with Crippen LogP contribution in [0.25, 0.3) is 11.0 Å². The van der Waals surface area contributed by atoms with Crippen molar-refractivity contribution in [2.45, 2.75) is 13.8 Å². The van der Waals surface area contributed by atoms with E-state index in [4.69, 9.17) is 9.15 Å². The van der Waals surface area contributed by atoms with Gasteiger partial charge < -0.3 is 9.15 Å². The van der Waals surface area contributed by atoms with Crippen molar-refractivity contribution in [2.75, 3.05) is 0 Å². The Morgan fingerprint density at radius 2 is 1.83 bits per heavy atom. The number of furan rings is 1. The number of benzene rings is 1. The van der Waals surface area contributed by atoms with Gasteiger partial charge in [-0.25, -0.2) is 4.98 Å². The van der Waals surface area contributed by atoms with Crippen molar-refractivity contribution in [2.24, 2.45) is 0 Å². The number of fused-ring (bicyclic) bond motifs is 1. The fraction of sp³-hybridized carbons (Fsp3) is 0.133. The summed E-state index contributed by atoms with van der Waals surface area (Å²) in [6.07, 6.45) is 3.39. The summed E-state index contributed by atoms with van der Waals surface area (Å²) < 4.78 is 11.1. The molecule has 0 bridgehead atoms. The molecular formula is C15H13NO2. The van der Waals surface area contributed by atoms with E-state index in [0.717, 1.165) is 16.7 Å². The van der Waals surface area contributed by atoms with Gasteiger partial charge in [0.1, 0.15) is 11.3 Å². The van der Waals surface area contributed by atoms with Crippen molar-refractivity contribution in [1.82, 2.24) is 4.98 Å². The van der Waals surface area contributed by atoms with Crippen molar-refractivity contribution in [1.29, 1.82) is 0 Å². The zero-order valence-corrected chi connectivity index (χ0v) is 10.3. The molecule has 3 rings (SSSR count). The monoisotopic (exact) mass is 239 g/mol. The van der Waals surface area contributed by atoms with E-state index in [9.17, 15) is 0 Å². The zero-order valence-electron chi connectivity index (χ0n) is 10.3. The van der Waals surface area contributed by atoms with Gasteiger partial charge in [-0.05, 0) is 43.2 Å². The van der Waals surface area contributed by atoms with Gasteiger partial charge in [-0.1, -0.05) is 6.07 Å². The first-order valence-corrected chi connectivity index (χ1v) is 5.80. The van der Waals surface area contributed by atoms with Crippen LogP contribution in [-0.2, 0) is 0 Å². The Balaban J connectivity index is 1.95. The van der Waals surface area contributed by atoms with E-state index in [1.807, 2.05) is 32.0 Å². The molecular weight excluding hydrogens is 226 g/mol. The number of rotatable bonds is 2. The number of aryl methyl sites for hydroxylation is 2. The lowest BCUT2D eigenvalue weighted by molar-refractivity contribution is 0.461. The third kappa shape index (κ3) is 2.07. The Hall–Kier alpha value is -2.29. The van der Waals surface area contributed by atoms with Crippen LogP contribution in [0.2, 0.25) is 0 Å². The highest BCUT2D eigenvalue weighted by atomic mass is 16.5. The van der Waals surface area contributed by atoms with Gasteiger partial charge >= 0.3 is 0 Å². The van der Waals surface area contributed by atoms with Crippen LogP contribution in [0.1, 0.15) is 11.1 Å². The first-order valence-electron chi connectivity index (χ1n) is 5.80. The summed E-state index contributed by atoms with van der Waals surface area (Å²) in [5, 5.41) is 0.975. The van der Waals surface area contributed by atoms with Gasteiger partial charge in [0.25, 0.3) is 0 Å². The standard InChI is InChI=1S/C15H13NO2/c1-10-5-11(2)7-13(6-10)18-15-8-14-12(9-16-15)3-4-17-14/h3-9H,1-2H3. The molecule has 3 nitrogen and oxygen atoms in total. The Morgan fingerprint density at radius 3 is 2.61 bits per heavy atom. The molecule has 0 aliphatic carbocycles. The number of nitrogens with zero attached hydrogens (tertiary/aromatic N) is 1. The molecule has 3 heteroatoms. The Morgan fingerprint density at radius 1 is 1.06 bits per heavy atom. The molecule has 0 N–H and O–H groups in total. The van der Waals surface area contributed by atoms with Gasteiger partial charge in [0, 0.05) is 17.6 Å². The molecule has 0 saturated carbocycles. The van der Waals surface area contributed by atoms with Crippen molar-refractivity contribution < 1.29 is 9.15 Å². The van der Waals surface area contributed by atoms with Crippen LogP contribution in [0.3, 0.4) is 0 Å². The summed E-state index contributed by atoms with van der Waals surface area (Å²) in [6, 6.07) is 9.76. The normalized spacial score (nSPS) is 10.8. The third-order valence-electron chi connectivity index (χ3n) is 2.73. The molecule has 0 aliphatic heterocycles. The van der Waals surface area contributed by atoms with Crippen LogP contribution < -0.4 is 4.74 Å². The summed E-state index contributed by atoms with van der Waals surface area (Å²) in [7, 11) is 0. The lowest BCUT2D eigenvalue weighted by atomic mass is 10.1. The van der Waals surface area contributed by atoms with Gasteiger partial charge in [-0.2, -0.15) is 0 Å². The molecule has 18 heavy (non-hydrogen) atoms. The summed E-state index contributed by atoms with van der Waals surface area (Å²) >= 11 is 0. The van der Waals surface area contributed by atoms with Crippen LogP contribution in [0.15, 0.2) is 47.2 Å². The number of ether oxygens (including phenoxy) is 1. The second-order valence-electron chi connectivity index (χ2n) is 4.41. The fourth-order valence-electron chi connectivity index (χ4n) is 2.01. The third-order valence-corrected chi connectivity index (χ3v) is 2.73. The van der Waals surface area contributed by atoms with Crippen LogP contribution in [0, 0.1) is 13.8 Å². The molecule has 0 spiro atoms. The summed E-state index contributed by atoms with van der Waals surface area (Å²) in [6.45, 7) is 4.09. The molecule has 0 aliphatic rings. The molecule has 2 aromatic heterocycles. The van der Waals surface area contributed by atoms with Crippen LogP contribution in [-0.4, -0.2) is 4.98 Å². The summed E-state index contributed by atoms with van der Waals surface area (Å²) in [5.41, 5.74) is 3.12. The van der Waals surface area contributed by atoms with Crippen LogP contribution >= 0.6 is 0 Å². The molecule has 1 aromatic carbocycles. The van der Waals surface area contributed by atoms with Gasteiger partial charge in [0.05, 0.1) is 6.26 Å². The second kappa shape index (κ2) is 4.18. The molecule has 2 heterocycles. The quantitative estimate of drug-likeness (QED) is 0.671. The average Bonchev–Trinajstić information content (AvgIpc) is 2.74. The van der Waals surface area contributed by atoms with Crippen molar-refractivity contribution in [3.63, 3.8) is 0 Å². The maximum atomic E-state index is 5.75. The first kappa shape index (κ1) is 10.8. The van der Waals surface area contributed by atoms with Crippen molar-refractivity contribution in [3.05, 3.63) is 53.9 Å². The number of pyridine rings is 1. The van der Waals surface area contributed by atoms with E-state index in [1.165, 1.54) is 11.1 Å². The molecule has 0 amide bonds. The minimum Gasteiger partial charge on any atom is -0.464 e. The molecule has 0 radical (unpaired) electrons. The minimum atomic E-state index is 0.544. The Bertz CT molecular complexity index is 680.